The van der Waals surface area contributed by atoms with E-state index in [1.54, 1.807) is 6.92 Å². The van der Waals surface area contributed by atoms with Gasteiger partial charge in [0.25, 0.3) is 0 Å². The van der Waals surface area contributed by atoms with Crippen molar-refractivity contribution in [3.05, 3.63) is 108 Å². The molecule has 2 nitrogen and oxygen atoms in total. The van der Waals surface area contributed by atoms with Gasteiger partial charge < -0.3 is 0 Å². The minimum absolute atomic E-state index is 0.174. The summed E-state index contributed by atoms with van der Waals surface area (Å²) in [7, 11) is 0. The van der Waals surface area contributed by atoms with Crippen molar-refractivity contribution in [2.24, 2.45) is 10.9 Å². The first-order chi connectivity index (χ1) is 12.7. The molecular formula is C24H21NO. The molecule has 4 rings (SSSR count). The van der Waals surface area contributed by atoms with E-state index in [0.29, 0.717) is 6.42 Å². The van der Waals surface area contributed by atoms with E-state index < -0.39 is 5.54 Å². The summed E-state index contributed by atoms with van der Waals surface area (Å²) in [5.41, 5.74) is 3.56. The zero-order chi connectivity index (χ0) is 18.0. The number of Topliss-reactive ketones (excluding diaryl/α,β-unsaturated/α-hetero) is 1. The fourth-order valence-corrected chi connectivity index (χ4v) is 4.01. The number of benzene rings is 3. The van der Waals surface area contributed by atoms with Gasteiger partial charge in [-0.05, 0) is 23.6 Å². The minimum Gasteiger partial charge on any atom is -0.300 e. The average Bonchev–Trinajstić information content (AvgIpc) is 3.12. The highest BCUT2D eigenvalue weighted by molar-refractivity contribution is 6.05. The van der Waals surface area contributed by atoms with E-state index in [1.807, 2.05) is 54.6 Å². The highest BCUT2D eigenvalue weighted by Gasteiger charge is 2.49. The Kier molecular flexibility index (Phi) is 4.26. The van der Waals surface area contributed by atoms with Crippen LogP contribution in [-0.4, -0.2) is 11.5 Å². The lowest BCUT2D eigenvalue weighted by atomic mass is 9.72. The Morgan fingerprint density at radius 3 is 1.73 bits per heavy atom. The molecule has 128 valence electrons. The van der Waals surface area contributed by atoms with Gasteiger partial charge in [-0.3, -0.25) is 9.79 Å². The normalized spacial score (nSPS) is 18.3. The van der Waals surface area contributed by atoms with E-state index in [0.717, 1.165) is 22.4 Å². The molecule has 1 aliphatic heterocycles. The topological polar surface area (TPSA) is 29.4 Å². The van der Waals surface area contributed by atoms with Gasteiger partial charge in [-0.25, -0.2) is 0 Å². The summed E-state index contributed by atoms with van der Waals surface area (Å²) in [5.74, 6) is -0.0325. The highest BCUT2D eigenvalue weighted by atomic mass is 16.1. The molecule has 1 heterocycles. The smallest absolute Gasteiger partial charge is 0.136 e. The maximum absolute atomic E-state index is 12.7. The Morgan fingerprint density at radius 2 is 1.27 bits per heavy atom. The van der Waals surface area contributed by atoms with Crippen LogP contribution >= 0.6 is 0 Å². The summed E-state index contributed by atoms with van der Waals surface area (Å²) in [4.78, 5) is 17.9. The number of aliphatic imine (C=N–C) groups is 1. The Balaban J connectivity index is 1.98. The fraction of sp³-hybridized carbons (Fsp3) is 0.167. The first-order valence-corrected chi connectivity index (χ1v) is 8.97. The third-order valence-electron chi connectivity index (χ3n) is 5.24. The molecule has 0 saturated carbocycles. The minimum atomic E-state index is -0.667. The monoisotopic (exact) mass is 339 g/mol. The van der Waals surface area contributed by atoms with Gasteiger partial charge in [0.2, 0.25) is 0 Å². The van der Waals surface area contributed by atoms with Crippen molar-refractivity contribution in [1.82, 2.24) is 0 Å². The quantitative estimate of drug-likeness (QED) is 0.655. The lowest BCUT2D eigenvalue weighted by Gasteiger charge is -2.33. The summed E-state index contributed by atoms with van der Waals surface area (Å²) in [5, 5.41) is 0. The van der Waals surface area contributed by atoms with Crippen LogP contribution in [-0.2, 0) is 10.3 Å². The van der Waals surface area contributed by atoms with Gasteiger partial charge in [0.1, 0.15) is 11.3 Å². The van der Waals surface area contributed by atoms with Gasteiger partial charge in [-0.15, -0.1) is 0 Å². The third-order valence-corrected chi connectivity index (χ3v) is 5.24. The van der Waals surface area contributed by atoms with Crippen molar-refractivity contribution in [1.29, 1.82) is 0 Å². The zero-order valence-corrected chi connectivity index (χ0v) is 14.8. The maximum Gasteiger partial charge on any atom is 0.136 e. The molecule has 0 aliphatic carbocycles. The van der Waals surface area contributed by atoms with Crippen molar-refractivity contribution < 1.29 is 4.79 Å². The summed E-state index contributed by atoms with van der Waals surface area (Å²) in [6.07, 6.45) is 0.656. The van der Waals surface area contributed by atoms with Crippen LogP contribution in [0.2, 0.25) is 0 Å². The summed E-state index contributed by atoms with van der Waals surface area (Å²) >= 11 is 0. The first-order valence-electron chi connectivity index (χ1n) is 8.97. The van der Waals surface area contributed by atoms with Crippen LogP contribution in [0.25, 0.3) is 0 Å². The summed E-state index contributed by atoms with van der Waals surface area (Å²) in [6, 6.07) is 30.6. The lowest BCUT2D eigenvalue weighted by molar-refractivity contribution is -0.121. The molecule has 0 spiro atoms. The van der Waals surface area contributed by atoms with Crippen molar-refractivity contribution in [3.63, 3.8) is 0 Å². The second-order valence-electron chi connectivity index (χ2n) is 6.79. The molecule has 1 unspecified atom stereocenters. The van der Waals surface area contributed by atoms with E-state index in [9.17, 15) is 4.79 Å². The third kappa shape index (κ3) is 2.68. The Morgan fingerprint density at radius 1 is 0.808 bits per heavy atom. The molecule has 0 N–H and O–H groups in total. The molecule has 2 heteroatoms. The van der Waals surface area contributed by atoms with Crippen molar-refractivity contribution in [2.75, 3.05) is 0 Å². The molecule has 3 aromatic rings. The number of nitrogens with zero attached hydrogens (tertiary/aromatic N) is 1. The molecule has 26 heavy (non-hydrogen) atoms. The molecule has 3 aromatic carbocycles. The van der Waals surface area contributed by atoms with Crippen molar-refractivity contribution in [2.45, 2.75) is 18.9 Å². The van der Waals surface area contributed by atoms with Gasteiger partial charge in [0, 0.05) is 12.1 Å². The lowest BCUT2D eigenvalue weighted by Crippen LogP contribution is -2.35. The average molecular weight is 339 g/mol. The Labute approximate surface area is 154 Å². The van der Waals surface area contributed by atoms with E-state index in [1.165, 1.54) is 0 Å². The molecule has 0 bridgehead atoms. The fourth-order valence-electron chi connectivity index (χ4n) is 4.01. The number of rotatable bonds is 4. The number of ketones is 1. The van der Waals surface area contributed by atoms with Crippen LogP contribution in [0.4, 0.5) is 0 Å². The van der Waals surface area contributed by atoms with Gasteiger partial charge in [-0.2, -0.15) is 0 Å². The van der Waals surface area contributed by atoms with Crippen molar-refractivity contribution in [3.8, 4) is 0 Å². The predicted molar refractivity (Wildman–Crippen MR) is 105 cm³/mol. The van der Waals surface area contributed by atoms with Crippen LogP contribution in [0.1, 0.15) is 30.0 Å². The predicted octanol–water partition coefficient (Wildman–Crippen LogP) is 5.03. The van der Waals surface area contributed by atoms with Gasteiger partial charge >= 0.3 is 0 Å². The van der Waals surface area contributed by atoms with E-state index in [2.05, 4.69) is 36.4 Å². The Bertz CT molecular complexity index is 890. The van der Waals surface area contributed by atoms with Crippen LogP contribution in [0.15, 0.2) is 96.0 Å². The summed E-state index contributed by atoms with van der Waals surface area (Å²) in [6.45, 7) is 1.69. The number of hydrogen-bond acceptors (Lipinski definition) is 2. The maximum atomic E-state index is 12.7. The van der Waals surface area contributed by atoms with Gasteiger partial charge in [0.05, 0.1) is 5.92 Å². The van der Waals surface area contributed by atoms with Gasteiger partial charge in [-0.1, -0.05) is 91.0 Å². The van der Waals surface area contributed by atoms with Crippen LogP contribution in [0.3, 0.4) is 0 Å². The molecular weight excluding hydrogens is 318 g/mol. The largest absolute Gasteiger partial charge is 0.300 e. The van der Waals surface area contributed by atoms with E-state index in [4.69, 9.17) is 4.99 Å². The van der Waals surface area contributed by atoms with Crippen molar-refractivity contribution >= 4 is 11.5 Å². The first kappa shape index (κ1) is 16.5. The molecule has 0 amide bonds. The summed E-state index contributed by atoms with van der Waals surface area (Å²) < 4.78 is 0. The second-order valence-corrected chi connectivity index (χ2v) is 6.79. The van der Waals surface area contributed by atoms with Crippen LogP contribution in [0, 0.1) is 5.92 Å². The second kappa shape index (κ2) is 6.72. The Hall–Kier alpha value is -3.00. The molecule has 0 saturated heterocycles. The molecule has 0 aromatic heterocycles. The zero-order valence-electron chi connectivity index (χ0n) is 14.8. The van der Waals surface area contributed by atoms with Gasteiger partial charge in [0.15, 0.2) is 0 Å². The van der Waals surface area contributed by atoms with E-state index >= 15 is 0 Å². The number of carbonyl (C=O) groups is 1. The van der Waals surface area contributed by atoms with Crippen LogP contribution in [0.5, 0.6) is 0 Å². The molecule has 0 fully saturated rings. The molecule has 1 aliphatic rings. The standard InChI is InChI=1S/C24H21NO/c1-18(26)22-17-23(19-11-5-2-6-12-19)25-24(22,20-13-7-3-8-14-20)21-15-9-4-10-16-21/h2-16,22H,17H2,1H3. The number of carbonyl (C=O) groups excluding carboxylic acids is 1. The highest BCUT2D eigenvalue weighted by Crippen LogP contribution is 2.47. The molecule has 0 radical (unpaired) electrons. The van der Waals surface area contributed by atoms with Crippen LogP contribution < -0.4 is 0 Å². The van der Waals surface area contributed by atoms with E-state index in [-0.39, 0.29) is 11.7 Å². The SMILES string of the molecule is CC(=O)C1CC(c2ccccc2)=NC1(c1ccccc1)c1ccccc1. The molecule has 1 atom stereocenters. The number of hydrogen-bond donors (Lipinski definition) is 0.